The molecule has 3 unspecified atom stereocenters. The van der Waals surface area contributed by atoms with Crippen LogP contribution in [0.25, 0.3) is 0 Å². The third kappa shape index (κ3) is 2.63. The van der Waals surface area contributed by atoms with Gasteiger partial charge < -0.3 is 5.32 Å². The summed E-state index contributed by atoms with van der Waals surface area (Å²) in [5.41, 5.74) is 1.31. The predicted molar refractivity (Wildman–Crippen MR) is 86.6 cm³/mol. The van der Waals surface area contributed by atoms with Crippen LogP contribution in [-0.4, -0.2) is 13.6 Å². The first-order valence-corrected chi connectivity index (χ1v) is 8.56. The van der Waals surface area contributed by atoms with E-state index in [1.54, 1.807) is 0 Å². The van der Waals surface area contributed by atoms with Gasteiger partial charge in [0, 0.05) is 18.9 Å². The Hall–Kier alpha value is -0.890. The van der Waals surface area contributed by atoms with Crippen LogP contribution >= 0.6 is 0 Å². The Labute approximate surface area is 128 Å². The SMILES string of the molecule is CNCC1(C2C(C)CC(F)=C3C=CC=CC32)CCCCC1. The molecule has 0 aliphatic heterocycles. The Balaban J connectivity index is 1.98. The normalized spacial score (nSPS) is 34.9. The van der Waals surface area contributed by atoms with Gasteiger partial charge in [0.1, 0.15) is 5.83 Å². The van der Waals surface area contributed by atoms with Gasteiger partial charge in [-0.2, -0.15) is 0 Å². The monoisotopic (exact) mass is 289 g/mol. The number of hydrogen-bond donors (Lipinski definition) is 1. The molecule has 1 nitrogen and oxygen atoms in total. The molecule has 116 valence electrons. The van der Waals surface area contributed by atoms with Crippen LogP contribution in [0.3, 0.4) is 0 Å². The van der Waals surface area contributed by atoms with Crippen LogP contribution in [-0.2, 0) is 0 Å². The second kappa shape index (κ2) is 6.08. The fourth-order valence-corrected chi connectivity index (χ4v) is 5.24. The summed E-state index contributed by atoms with van der Waals surface area (Å²) >= 11 is 0. The lowest BCUT2D eigenvalue weighted by Gasteiger charge is -2.51. The molecule has 21 heavy (non-hydrogen) atoms. The van der Waals surface area contributed by atoms with Gasteiger partial charge in [-0.1, -0.05) is 50.5 Å². The van der Waals surface area contributed by atoms with Crippen molar-refractivity contribution in [2.75, 3.05) is 13.6 Å². The quantitative estimate of drug-likeness (QED) is 0.788. The summed E-state index contributed by atoms with van der Waals surface area (Å²) in [4.78, 5) is 0. The van der Waals surface area contributed by atoms with Gasteiger partial charge in [-0.05, 0) is 42.7 Å². The van der Waals surface area contributed by atoms with E-state index in [9.17, 15) is 4.39 Å². The zero-order valence-electron chi connectivity index (χ0n) is 13.4. The highest BCUT2D eigenvalue weighted by Gasteiger charge is 2.48. The van der Waals surface area contributed by atoms with Crippen molar-refractivity contribution in [3.05, 3.63) is 35.7 Å². The summed E-state index contributed by atoms with van der Waals surface area (Å²) in [6.45, 7) is 3.34. The summed E-state index contributed by atoms with van der Waals surface area (Å²) in [5.74, 6) is 1.41. The minimum atomic E-state index is 0.125. The lowest BCUT2D eigenvalue weighted by Crippen LogP contribution is -2.48. The van der Waals surface area contributed by atoms with E-state index in [1.807, 2.05) is 12.2 Å². The maximum Gasteiger partial charge on any atom is 0.104 e. The molecular formula is C19H28FN. The van der Waals surface area contributed by atoms with Crippen LogP contribution in [0, 0.1) is 23.2 Å². The minimum Gasteiger partial charge on any atom is -0.319 e. The standard InChI is InChI=1S/C19H28FN/c1-14-12-17(20)15-8-4-5-9-16(15)18(14)19(13-21-2)10-6-3-7-11-19/h4-5,8-9,14,16,18,21H,3,6-7,10-13H2,1-2H3. The summed E-state index contributed by atoms with van der Waals surface area (Å²) in [6, 6.07) is 0. The Morgan fingerprint density at radius 1 is 1.24 bits per heavy atom. The molecule has 3 aliphatic rings. The number of allylic oxidation sites excluding steroid dienone is 6. The van der Waals surface area contributed by atoms with E-state index in [1.165, 1.54) is 32.1 Å². The number of hydrogen-bond acceptors (Lipinski definition) is 1. The van der Waals surface area contributed by atoms with Crippen LogP contribution in [0.5, 0.6) is 0 Å². The molecule has 0 radical (unpaired) electrons. The van der Waals surface area contributed by atoms with E-state index in [0.29, 0.717) is 23.7 Å². The molecular weight excluding hydrogens is 261 g/mol. The zero-order chi connectivity index (χ0) is 14.9. The van der Waals surface area contributed by atoms with E-state index in [0.717, 1.165) is 12.1 Å². The van der Waals surface area contributed by atoms with Crippen molar-refractivity contribution in [3.8, 4) is 0 Å². The van der Waals surface area contributed by atoms with Crippen molar-refractivity contribution < 1.29 is 4.39 Å². The molecule has 0 amide bonds. The van der Waals surface area contributed by atoms with Gasteiger partial charge in [-0.25, -0.2) is 4.39 Å². The molecule has 1 saturated carbocycles. The first-order valence-electron chi connectivity index (χ1n) is 8.56. The number of nitrogens with one attached hydrogen (secondary N) is 1. The fraction of sp³-hybridized carbons (Fsp3) is 0.684. The third-order valence-corrected chi connectivity index (χ3v) is 5.96. The van der Waals surface area contributed by atoms with E-state index in [-0.39, 0.29) is 11.7 Å². The third-order valence-electron chi connectivity index (χ3n) is 5.96. The highest BCUT2D eigenvalue weighted by Crippen LogP contribution is 2.54. The molecule has 0 saturated heterocycles. The van der Waals surface area contributed by atoms with E-state index >= 15 is 0 Å². The lowest BCUT2D eigenvalue weighted by molar-refractivity contribution is 0.0299. The van der Waals surface area contributed by atoms with Crippen molar-refractivity contribution >= 4 is 0 Å². The van der Waals surface area contributed by atoms with Crippen LogP contribution < -0.4 is 5.32 Å². The average Bonchev–Trinajstić information content (AvgIpc) is 2.48. The van der Waals surface area contributed by atoms with Gasteiger partial charge in [0.05, 0.1) is 0 Å². The summed E-state index contributed by atoms with van der Waals surface area (Å²) < 4.78 is 14.4. The molecule has 3 aliphatic carbocycles. The van der Waals surface area contributed by atoms with E-state index in [2.05, 4.69) is 31.4 Å². The maximum absolute atomic E-state index is 14.4. The number of halogens is 1. The van der Waals surface area contributed by atoms with Crippen molar-refractivity contribution in [2.45, 2.75) is 45.4 Å². The highest BCUT2D eigenvalue weighted by molar-refractivity contribution is 5.38. The zero-order valence-corrected chi connectivity index (χ0v) is 13.4. The Kier molecular flexibility index (Phi) is 4.35. The van der Waals surface area contributed by atoms with Gasteiger partial charge >= 0.3 is 0 Å². The van der Waals surface area contributed by atoms with Gasteiger partial charge in [-0.15, -0.1) is 0 Å². The summed E-state index contributed by atoms with van der Waals surface area (Å²) in [7, 11) is 2.07. The molecule has 0 aromatic carbocycles. The minimum absolute atomic E-state index is 0.125. The number of rotatable bonds is 3. The van der Waals surface area contributed by atoms with E-state index < -0.39 is 0 Å². The maximum atomic E-state index is 14.4. The first-order chi connectivity index (χ1) is 10.2. The molecule has 3 rings (SSSR count). The second-order valence-electron chi connectivity index (χ2n) is 7.29. The predicted octanol–water partition coefficient (Wildman–Crippen LogP) is 4.78. The Morgan fingerprint density at radius 3 is 2.71 bits per heavy atom. The molecule has 3 atom stereocenters. The van der Waals surface area contributed by atoms with E-state index in [4.69, 9.17) is 0 Å². The molecule has 0 spiro atoms. The van der Waals surface area contributed by atoms with Crippen molar-refractivity contribution in [1.29, 1.82) is 0 Å². The van der Waals surface area contributed by atoms with Crippen LogP contribution in [0.2, 0.25) is 0 Å². The molecule has 1 fully saturated rings. The molecule has 1 N–H and O–H groups in total. The molecule has 0 aromatic rings. The largest absolute Gasteiger partial charge is 0.319 e. The van der Waals surface area contributed by atoms with Gasteiger partial charge in [0.25, 0.3) is 0 Å². The topological polar surface area (TPSA) is 12.0 Å². The van der Waals surface area contributed by atoms with Gasteiger partial charge in [0.15, 0.2) is 0 Å². The van der Waals surface area contributed by atoms with Crippen LogP contribution in [0.15, 0.2) is 35.7 Å². The molecule has 0 heterocycles. The molecule has 0 bridgehead atoms. The van der Waals surface area contributed by atoms with Crippen LogP contribution in [0.1, 0.15) is 45.4 Å². The Morgan fingerprint density at radius 2 is 2.00 bits per heavy atom. The Bertz CT molecular complexity index is 462. The lowest BCUT2D eigenvalue weighted by atomic mass is 9.54. The van der Waals surface area contributed by atoms with Gasteiger partial charge in [-0.3, -0.25) is 0 Å². The molecule has 0 aromatic heterocycles. The second-order valence-corrected chi connectivity index (χ2v) is 7.29. The number of fused-ring (bicyclic) bond motifs is 1. The average molecular weight is 289 g/mol. The van der Waals surface area contributed by atoms with Crippen molar-refractivity contribution in [3.63, 3.8) is 0 Å². The summed E-state index contributed by atoms with van der Waals surface area (Å²) in [5, 5.41) is 3.45. The fourth-order valence-electron chi connectivity index (χ4n) is 5.24. The van der Waals surface area contributed by atoms with Crippen molar-refractivity contribution in [1.82, 2.24) is 5.32 Å². The van der Waals surface area contributed by atoms with Gasteiger partial charge in [0.2, 0.25) is 0 Å². The highest BCUT2D eigenvalue weighted by atomic mass is 19.1. The first kappa shape index (κ1) is 15.0. The van der Waals surface area contributed by atoms with Crippen molar-refractivity contribution in [2.24, 2.45) is 23.2 Å². The van der Waals surface area contributed by atoms with Crippen LogP contribution in [0.4, 0.5) is 4.39 Å². The summed E-state index contributed by atoms with van der Waals surface area (Å²) in [6.07, 6.45) is 15.6. The smallest absolute Gasteiger partial charge is 0.104 e. The molecule has 2 heteroatoms.